The predicted octanol–water partition coefficient (Wildman–Crippen LogP) is 18.0. The Labute approximate surface area is 646 Å². The zero-order valence-corrected chi connectivity index (χ0v) is 69.4. The number of carboxylic acids is 1. The molecule has 7 aromatic heterocycles. The number of thiophene rings is 4. The molecule has 0 saturated heterocycles. The third-order valence-corrected chi connectivity index (χ3v) is 21.4. The van der Waals surface area contributed by atoms with Gasteiger partial charge in [-0.3, -0.25) is 23.6 Å². The van der Waals surface area contributed by atoms with Crippen LogP contribution >= 0.6 is 61.3 Å². The normalized spacial score (nSPS) is 16.5. The number of hydrogen-bond acceptors (Lipinski definition) is 17. The number of nitrogens with zero attached hydrogens (tertiary/aromatic N) is 8. The summed E-state index contributed by atoms with van der Waals surface area (Å²) in [7, 11) is 4.13. The number of esters is 3. The van der Waals surface area contributed by atoms with Gasteiger partial charge >= 0.3 is 23.9 Å². The molecule has 24 heteroatoms. The van der Waals surface area contributed by atoms with Crippen molar-refractivity contribution in [2.75, 3.05) is 36.4 Å². The smallest absolute Gasteiger partial charge is 0.350 e. The lowest BCUT2D eigenvalue weighted by atomic mass is 9.82. The van der Waals surface area contributed by atoms with Gasteiger partial charge in [0.2, 0.25) is 11.8 Å². The maximum absolute atomic E-state index is 13.9. The Balaban J connectivity index is 0.000000226. The minimum absolute atomic E-state index is 0.00665. The van der Waals surface area contributed by atoms with Crippen LogP contribution in [0.3, 0.4) is 0 Å². The van der Waals surface area contributed by atoms with Crippen LogP contribution in [0.25, 0.3) is 0 Å². The molecule has 564 valence electrons. The number of nitrogens with one attached hydrogen (secondary N) is 1. The van der Waals surface area contributed by atoms with E-state index >= 15 is 0 Å². The third-order valence-electron chi connectivity index (χ3n) is 16.4. The van der Waals surface area contributed by atoms with Crippen molar-refractivity contribution in [1.82, 2.24) is 29.3 Å². The fourth-order valence-corrected chi connectivity index (χ4v) is 15.4. The Bertz CT molecular complexity index is 4300. The van der Waals surface area contributed by atoms with Gasteiger partial charge in [-0.25, -0.2) is 19.2 Å². The van der Waals surface area contributed by atoms with Crippen LogP contribution < -0.4 is 15.1 Å². The number of anilines is 3. The first-order chi connectivity index (χ1) is 49.2. The molecule has 3 atom stereocenters. The molecule has 0 aliphatic heterocycles. The minimum Gasteiger partial charge on any atom is -0.477 e. The number of hydrogen-bond donors (Lipinski definition) is 2. The SMILES string of the molecule is CC1CCC(C(=O)N(c2cc(C#CC(C)(C)C)sc2C(=O)O)C(C)Cn2cccn2)CC1.COC(=O)c1sc(C#CC(C)(C)C)cc1Br.COC(=O)c1sc(C#CC(C)(C)C)cc1N(C(=O)C1CCC(C)CC1)C(C)Cn1cccn1.COC(=O)c1sc(C#CC(C)(C)C)cc1NC(C)Cn1cccn1. The topological polar surface area (TPSA) is 222 Å². The first kappa shape index (κ1) is 85.7. The zero-order valence-electron chi connectivity index (χ0n) is 64.5. The Hall–Kier alpha value is -8.23. The van der Waals surface area contributed by atoms with Crippen LogP contribution in [0.15, 0.2) is 84.1 Å². The maximum atomic E-state index is 13.9. The van der Waals surface area contributed by atoms with E-state index in [0.717, 1.165) is 87.5 Å². The summed E-state index contributed by atoms with van der Waals surface area (Å²) in [5.41, 5.74) is 1.30. The van der Waals surface area contributed by atoms with Crippen LogP contribution in [0.1, 0.15) is 227 Å². The fourth-order valence-electron chi connectivity index (χ4n) is 11.2. The highest BCUT2D eigenvalue weighted by Crippen LogP contribution is 2.40. The number of aromatic nitrogens is 6. The molecule has 7 heterocycles. The van der Waals surface area contributed by atoms with Gasteiger partial charge in [-0.1, -0.05) is 61.2 Å². The predicted molar refractivity (Wildman–Crippen MR) is 427 cm³/mol. The van der Waals surface area contributed by atoms with E-state index in [1.165, 1.54) is 55.3 Å². The molecule has 2 aliphatic carbocycles. The quantitative estimate of drug-likeness (QED) is 0.0463. The number of aromatic carboxylic acids is 1. The number of amides is 2. The van der Waals surface area contributed by atoms with E-state index < -0.39 is 11.9 Å². The average molecular weight is 1570 g/mol. The summed E-state index contributed by atoms with van der Waals surface area (Å²) < 4.78 is 20.8. The average Bonchev–Trinajstić information content (AvgIpc) is 1.72. The Morgan fingerprint density at radius 2 is 0.829 bits per heavy atom. The number of carboxylic acid groups (broad SMARTS) is 1. The molecular weight excluding hydrogens is 1470 g/mol. The van der Waals surface area contributed by atoms with Crippen LogP contribution in [0.5, 0.6) is 0 Å². The molecule has 2 saturated carbocycles. The highest BCUT2D eigenvalue weighted by Gasteiger charge is 2.37. The van der Waals surface area contributed by atoms with Crippen molar-refractivity contribution in [3.05, 3.63) is 123 Å². The number of ether oxygens (including phenoxy) is 3. The highest BCUT2D eigenvalue weighted by atomic mass is 79.9. The molecule has 3 unspecified atom stereocenters. The molecule has 7 aromatic rings. The summed E-state index contributed by atoms with van der Waals surface area (Å²) in [5.74, 6) is 24.3. The van der Waals surface area contributed by atoms with Crippen LogP contribution in [-0.2, 0) is 43.4 Å². The van der Waals surface area contributed by atoms with Crippen LogP contribution in [0, 0.1) is 92.7 Å². The van der Waals surface area contributed by atoms with Crippen molar-refractivity contribution in [2.45, 2.75) is 207 Å². The van der Waals surface area contributed by atoms with E-state index in [1.54, 1.807) is 39.1 Å². The van der Waals surface area contributed by atoms with Gasteiger partial charge in [0.25, 0.3) is 0 Å². The van der Waals surface area contributed by atoms with Crippen LogP contribution in [0.2, 0.25) is 0 Å². The highest BCUT2D eigenvalue weighted by molar-refractivity contribution is 9.10. The summed E-state index contributed by atoms with van der Waals surface area (Å²) in [6.07, 6.45) is 18.4. The van der Waals surface area contributed by atoms with Gasteiger partial charge in [-0.05, 0) is 225 Å². The van der Waals surface area contributed by atoms with Gasteiger partial charge in [-0.2, -0.15) is 15.3 Å². The molecule has 105 heavy (non-hydrogen) atoms. The van der Waals surface area contributed by atoms with Gasteiger partial charge in [0, 0.05) is 81.2 Å². The van der Waals surface area contributed by atoms with Crippen molar-refractivity contribution in [2.24, 2.45) is 45.3 Å². The van der Waals surface area contributed by atoms with Crippen molar-refractivity contribution >= 4 is 114 Å². The number of rotatable bonds is 18. The fraction of sp³-hybridized carbons (Fsp3) is 0.519. The van der Waals surface area contributed by atoms with Crippen molar-refractivity contribution in [3.63, 3.8) is 0 Å². The molecule has 0 bridgehead atoms. The molecule has 0 radical (unpaired) electrons. The summed E-state index contributed by atoms with van der Waals surface area (Å²) in [4.78, 5) is 84.2. The summed E-state index contributed by atoms with van der Waals surface area (Å²) in [6.45, 7) is 36.7. The molecule has 2 amide bonds. The second-order valence-corrected chi connectivity index (χ2v) is 35.9. The summed E-state index contributed by atoms with van der Waals surface area (Å²) in [5, 5.41) is 26.1. The first-order valence-electron chi connectivity index (χ1n) is 35.4. The van der Waals surface area contributed by atoms with Crippen LogP contribution in [-0.4, -0.2) is 110 Å². The maximum Gasteiger partial charge on any atom is 0.350 e. The Morgan fingerprint density at radius 3 is 1.19 bits per heavy atom. The van der Waals surface area contributed by atoms with Gasteiger partial charge in [0.15, 0.2) is 0 Å². The van der Waals surface area contributed by atoms with E-state index in [1.807, 2.05) is 147 Å². The third kappa shape index (κ3) is 27.6. The Morgan fingerprint density at radius 1 is 0.505 bits per heavy atom. The number of halogens is 1. The van der Waals surface area contributed by atoms with Crippen molar-refractivity contribution < 1.29 is 48.1 Å². The molecule has 0 aromatic carbocycles. The van der Waals surface area contributed by atoms with Gasteiger partial charge in [-0.15, -0.1) is 45.3 Å². The van der Waals surface area contributed by atoms with E-state index in [9.17, 15) is 33.9 Å². The zero-order chi connectivity index (χ0) is 77.7. The van der Waals surface area contributed by atoms with Gasteiger partial charge < -0.3 is 34.4 Å². The lowest BCUT2D eigenvalue weighted by Gasteiger charge is -2.34. The molecule has 2 aliphatic rings. The largest absolute Gasteiger partial charge is 0.477 e. The molecule has 2 N–H and O–H groups in total. The van der Waals surface area contributed by atoms with Crippen molar-refractivity contribution in [1.29, 1.82) is 0 Å². The van der Waals surface area contributed by atoms with E-state index in [0.29, 0.717) is 62.4 Å². The molecule has 0 spiro atoms. The van der Waals surface area contributed by atoms with Crippen LogP contribution in [0.4, 0.5) is 17.1 Å². The lowest BCUT2D eigenvalue weighted by Crippen LogP contribution is -2.45. The number of carbonyl (C=O) groups is 6. The van der Waals surface area contributed by atoms with E-state index in [2.05, 4.69) is 123 Å². The molecule has 9 rings (SSSR count). The minimum atomic E-state index is -1.03. The molecule has 2 fully saturated rings. The van der Waals surface area contributed by atoms with E-state index in [-0.39, 0.29) is 80.3 Å². The second-order valence-electron chi connectivity index (χ2n) is 30.8. The standard InChI is InChI=1S/C26H35N3O3S.C25H33N3O3S.C18H23N3O2S.C12H13BrO2S/c1-18-8-10-20(11-9-18)24(30)29(19(2)17-28-15-7-14-27-28)22-16-21(12-13-26(3,4)5)33-23(22)25(31)32-6;1-17-7-9-19(10-8-17)23(29)28(18(2)16-27-14-6-13-26-27)21-15-20(11-12-25(3,4)5)32-22(21)24(30)31;1-13(12-21-10-6-9-19-21)20-15-11-14(7-8-18(2,3)4)24-16(15)17(22)23-5;1-12(2,3)6-5-8-7-9(13)10(16-8)11(14)15-4/h7,14-16,18-20H,8-11,17H2,1-6H3;6,13-15,17-19H,7-10,16H2,1-5H3,(H,30,31);6,9-11,13,20H,12H2,1-5H3;7H,1-4H3. The number of methoxy groups -OCH3 is 3. The summed E-state index contributed by atoms with van der Waals surface area (Å²) in [6, 6.07) is 12.7. The second kappa shape index (κ2) is 38.9. The lowest BCUT2D eigenvalue weighted by molar-refractivity contribution is -0.124. The van der Waals surface area contributed by atoms with E-state index in [4.69, 9.17) is 9.47 Å². The monoisotopic (exact) mass is 1570 g/mol. The first-order valence-corrected chi connectivity index (χ1v) is 39.5. The van der Waals surface area contributed by atoms with Gasteiger partial charge in [0.1, 0.15) is 19.5 Å². The molecule has 19 nitrogen and oxygen atoms in total. The van der Waals surface area contributed by atoms with Crippen molar-refractivity contribution in [3.8, 4) is 47.4 Å². The summed E-state index contributed by atoms with van der Waals surface area (Å²) >= 11 is 8.43. The Kier molecular flexibility index (Phi) is 31.7. The molecular formula is C81H104BrN9O10S4. The number of carbonyl (C=O) groups excluding carboxylic acids is 5. The van der Waals surface area contributed by atoms with Gasteiger partial charge in [0.05, 0.1) is 89.6 Å².